The summed E-state index contributed by atoms with van der Waals surface area (Å²) in [5.41, 5.74) is -0.0565. The summed E-state index contributed by atoms with van der Waals surface area (Å²) in [5, 5.41) is 14.9. The Hall–Kier alpha value is -3.67. The van der Waals surface area contributed by atoms with Gasteiger partial charge in [0.2, 0.25) is 11.8 Å². The van der Waals surface area contributed by atoms with Crippen molar-refractivity contribution in [1.82, 2.24) is 10.2 Å². The first-order valence-corrected chi connectivity index (χ1v) is 15.4. The maximum absolute atomic E-state index is 14.1. The van der Waals surface area contributed by atoms with Crippen LogP contribution in [0, 0.1) is 16.0 Å². The number of hydrogen-bond donors (Lipinski definition) is 1. The highest BCUT2D eigenvalue weighted by molar-refractivity contribution is 7.92. The number of carbonyl (C=O) groups is 2. The minimum atomic E-state index is -4.38. The van der Waals surface area contributed by atoms with Crippen LogP contribution in [0.4, 0.5) is 11.4 Å². The van der Waals surface area contributed by atoms with Crippen molar-refractivity contribution in [2.24, 2.45) is 5.92 Å². The highest BCUT2D eigenvalue weighted by atomic mass is 35.5. The number of anilines is 1. The van der Waals surface area contributed by atoms with Crippen molar-refractivity contribution in [2.75, 3.05) is 17.4 Å². The summed E-state index contributed by atoms with van der Waals surface area (Å²) < 4.78 is 28.5. The molecule has 10 nitrogen and oxygen atoms in total. The highest BCUT2D eigenvalue weighted by Gasteiger charge is 2.34. The van der Waals surface area contributed by atoms with E-state index in [1.165, 1.54) is 47.4 Å². The molecule has 2 amide bonds. The third-order valence-electron chi connectivity index (χ3n) is 6.40. The summed E-state index contributed by atoms with van der Waals surface area (Å²) in [6.45, 7) is 5.02. The molecule has 0 aliphatic heterocycles. The number of non-ortho nitro benzene ring substituents is 1. The van der Waals surface area contributed by atoms with Gasteiger partial charge in [0.15, 0.2) is 0 Å². The number of halogens is 2. The van der Waals surface area contributed by atoms with Gasteiger partial charge in [0.1, 0.15) is 12.6 Å². The number of amides is 2. The first-order chi connectivity index (χ1) is 19.9. The van der Waals surface area contributed by atoms with Crippen LogP contribution in [0.3, 0.4) is 0 Å². The molecule has 0 bridgehead atoms. The number of hydrogen-bond acceptors (Lipinski definition) is 6. The van der Waals surface area contributed by atoms with Crippen LogP contribution in [0.15, 0.2) is 77.7 Å². The average Bonchev–Trinajstić information content (AvgIpc) is 2.96. The minimum Gasteiger partial charge on any atom is -0.354 e. The van der Waals surface area contributed by atoms with Crippen molar-refractivity contribution in [3.63, 3.8) is 0 Å². The van der Waals surface area contributed by atoms with Gasteiger partial charge in [0, 0.05) is 40.8 Å². The highest BCUT2D eigenvalue weighted by Crippen LogP contribution is 2.30. The van der Waals surface area contributed by atoms with Gasteiger partial charge in [0.05, 0.1) is 15.5 Å². The molecule has 0 unspecified atom stereocenters. The maximum atomic E-state index is 14.1. The molecule has 0 spiro atoms. The van der Waals surface area contributed by atoms with E-state index >= 15 is 0 Å². The molecule has 42 heavy (non-hydrogen) atoms. The molecule has 3 rings (SSSR count). The van der Waals surface area contributed by atoms with Gasteiger partial charge in [-0.25, -0.2) is 8.42 Å². The molecule has 13 heteroatoms. The zero-order valence-corrected chi connectivity index (χ0v) is 25.7. The van der Waals surface area contributed by atoms with E-state index in [1.54, 1.807) is 31.2 Å². The summed E-state index contributed by atoms with van der Waals surface area (Å²) in [6, 6.07) is 16.3. The van der Waals surface area contributed by atoms with Gasteiger partial charge in [-0.05, 0) is 42.7 Å². The van der Waals surface area contributed by atoms with Crippen molar-refractivity contribution >= 4 is 56.4 Å². The lowest BCUT2D eigenvalue weighted by molar-refractivity contribution is -0.384. The standard InChI is InChI=1S/C29H32Cl2N4O6S/c1-4-27(29(37)32-17-20(2)3)33(18-24-25(30)14-9-15-26(24)31)28(36)19-34(21-10-8-11-22(16-21)35(38)39)42(40,41)23-12-6-5-7-13-23/h5-16,20,27H,4,17-19H2,1-3H3,(H,32,37)/t27-/m0/s1. The molecule has 0 saturated heterocycles. The fourth-order valence-corrected chi connectivity index (χ4v) is 6.15. The number of nitrogens with zero attached hydrogens (tertiary/aromatic N) is 3. The van der Waals surface area contributed by atoms with Crippen LogP contribution < -0.4 is 9.62 Å². The molecule has 1 N–H and O–H groups in total. The molecular weight excluding hydrogens is 603 g/mol. The van der Waals surface area contributed by atoms with Crippen LogP contribution in [0.2, 0.25) is 10.0 Å². The summed E-state index contributed by atoms with van der Waals surface area (Å²) in [4.78, 5) is 39.4. The Morgan fingerprint density at radius 1 is 0.976 bits per heavy atom. The van der Waals surface area contributed by atoms with E-state index in [9.17, 15) is 28.1 Å². The molecule has 1 atom stereocenters. The van der Waals surface area contributed by atoms with Crippen LogP contribution in [0.5, 0.6) is 0 Å². The number of rotatable bonds is 13. The van der Waals surface area contributed by atoms with Crippen LogP contribution in [0.25, 0.3) is 0 Å². The summed E-state index contributed by atoms with van der Waals surface area (Å²) in [7, 11) is -4.38. The summed E-state index contributed by atoms with van der Waals surface area (Å²) in [5.74, 6) is -1.01. The van der Waals surface area contributed by atoms with E-state index in [4.69, 9.17) is 23.2 Å². The van der Waals surface area contributed by atoms with E-state index in [-0.39, 0.29) is 45.2 Å². The Bertz CT molecular complexity index is 1520. The number of nitro groups is 1. The molecule has 3 aromatic carbocycles. The van der Waals surface area contributed by atoms with Gasteiger partial charge in [-0.3, -0.25) is 24.0 Å². The van der Waals surface area contributed by atoms with Gasteiger partial charge in [-0.15, -0.1) is 0 Å². The molecule has 224 valence electrons. The normalized spacial score (nSPS) is 12.0. The van der Waals surface area contributed by atoms with E-state index in [2.05, 4.69) is 5.32 Å². The van der Waals surface area contributed by atoms with Gasteiger partial charge >= 0.3 is 0 Å². The number of benzene rings is 3. The lowest BCUT2D eigenvalue weighted by atomic mass is 10.1. The van der Waals surface area contributed by atoms with Crippen LogP contribution >= 0.6 is 23.2 Å². The van der Waals surface area contributed by atoms with E-state index < -0.39 is 39.3 Å². The molecule has 0 aliphatic carbocycles. The van der Waals surface area contributed by atoms with E-state index in [0.717, 1.165) is 10.4 Å². The Balaban J connectivity index is 2.12. The van der Waals surface area contributed by atoms with Gasteiger partial charge < -0.3 is 10.2 Å². The molecular formula is C29H32Cl2N4O6S. The van der Waals surface area contributed by atoms with Crippen molar-refractivity contribution in [3.05, 3.63) is 98.5 Å². The number of nitro benzene ring substituents is 1. The van der Waals surface area contributed by atoms with Gasteiger partial charge in [-0.1, -0.05) is 74.3 Å². The van der Waals surface area contributed by atoms with Crippen molar-refractivity contribution in [3.8, 4) is 0 Å². The Morgan fingerprint density at radius 3 is 2.17 bits per heavy atom. The van der Waals surface area contributed by atoms with Crippen molar-refractivity contribution in [1.29, 1.82) is 0 Å². The second-order valence-electron chi connectivity index (χ2n) is 9.89. The van der Waals surface area contributed by atoms with Crippen molar-refractivity contribution < 1.29 is 22.9 Å². The fraction of sp³-hybridized carbons (Fsp3) is 0.310. The zero-order valence-electron chi connectivity index (χ0n) is 23.4. The second-order valence-corrected chi connectivity index (χ2v) is 12.6. The van der Waals surface area contributed by atoms with Gasteiger partial charge in [-0.2, -0.15) is 0 Å². The number of carbonyl (C=O) groups excluding carboxylic acids is 2. The lowest BCUT2D eigenvalue weighted by Gasteiger charge is -2.33. The maximum Gasteiger partial charge on any atom is 0.271 e. The minimum absolute atomic E-state index is 0.0885. The third-order valence-corrected chi connectivity index (χ3v) is 8.90. The van der Waals surface area contributed by atoms with E-state index in [1.807, 2.05) is 13.8 Å². The van der Waals surface area contributed by atoms with Crippen LogP contribution in [-0.4, -0.2) is 49.2 Å². The Morgan fingerprint density at radius 2 is 1.60 bits per heavy atom. The largest absolute Gasteiger partial charge is 0.354 e. The monoisotopic (exact) mass is 634 g/mol. The molecule has 0 heterocycles. The van der Waals surface area contributed by atoms with E-state index in [0.29, 0.717) is 12.1 Å². The molecule has 0 radical (unpaired) electrons. The smallest absolute Gasteiger partial charge is 0.271 e. The fourth-order valence-electron chi connectivity index (χ4n) is 4.21. The third kappa shape index (κ3) is 7.99. The molecule has 0 aromatic heterocycles. The molecule has 3 aromatic rings. The molecule has 0 saturated carbocycles. The van der Waals surface area contributed by atoms with Gasteiger partial charge in [0.25, 0.3) is 15.7 Å². The number of nitrogens with one attached hydrogen (secondary N) is 1. The Kier molecular flexibility index (Phi) is 11.3. The van der Waals surface area contributed by atoms with Crippen LogP contribution in [-0.2, 0) is 26.2 Å². The predicted octanol–water partition coefficient (Wildman–Crippen LogP) is 5.68. The SMILES string of the molecule is CC[C@@H](C(=O)NCC(C)C)N(Cc1c(Cl)cccc1Cl)C(=O)CN(c1cccc([N+](=O)[O-])c1)S(=O)(=O)c1ccccc1. The Labute approximate surface area is 255 Å². The quantitative estimate of drug-likeness (QED) is 0.190. The van der Waals surface area contributed by atoms with Crippen LogP contribution in [0.1, 0.15) is 32.8 Å². The molecule has 0 fully saturated rings. The summed E-state index contributed by atoms with van der Waals surface area (Å²) >= 11 is 12.8. The first-order valence-electron chi connectivity index (χ1n) is 13.2. The average molecular weight is 636 g/mol. The molecule has 0 aliphatic rings. The first kappa shape index (κ1) is 32.8. The zero-order chi connectivity index (χ0) is 31.0. The summed E-state index contributed by atoms with van der Waals surface area (Å²) in [6.07, 6.45) is 0.208. The number of sulfonamides is 1. The predicted molar refractivity (Wildman–Crippen MR) is 163 cm³/mol. The van der Waals surface area contributed by atoms with Crippen molar-refractivity contribution in [2.45, 2.75) is 44.7 Å². The topological polar surface area (TPSA) is 130 Å². The lowest BCUT2D eigenvalue weighted by Crippen LogP contribution is -2.52. The second kappa shape index (κ2) is 14.5.